The molecule has 4 N–H and O–H groups in total. The molecular formula is C11H19N5O. The van der Waals surface area contributed by atoms with E-state index in [0.717, 1.165) is 37.9 Å². The van der Waals surface area contributed by atoms with Gasteiger partial charge < -0.3 is 15.5 Å². The molecule has 1 aromatic rings. The molecule has 1 fully saturated rings. The highest BCUT2D eigenvalue weighted by Crippen LogP contribution is 2.28. The lowest BCUT2D eigenvalue weighted by Gasteiger charge is -2.07. The van der Waals surface area contributed by atoms with Gasteiger partial charge in [-0.25, -0.2) is 15.8 Å². The van der Waals surface area contributed by atoms with Gasteiger partial charge in [0, 0.05) is 25.8 Å². The van der Waals surface area contributed by atoms with Crippen molar-refractivity contribution in [1.82, 2.24) is 9.97 Å². The van der Waals surface area contributed by atoms with Gasteiger partial charge in [-0.05, 0) is 25.2 Å². The molecule has 0 bridgehead atoms. The van der Waals surface area contributed by atoms with Gasteiger partial charge in [-0.15, -0.1) is 0 Å². The number of nitrogens with two attached hydrogens (primary N) is 1. The average Bonchev–Trinajstić information content (AvgIpc) is 3.18. The molecule has 0 saturated heterocycles. The summed E-state index contributed by atoms with van der Waals surface area (Å²) >= 11 is 0. The second-order valence-electron chi connectivity index (χ2n) is 4.23. The molecule has 2 rings (SSSR count). The van der Waals surface area contributed by atoms with Crippen molar-refractivity contribution in [2.75, 3.05) is 30.5 Å². The number of nitrogens with zero attached hydrogens (tertiary/aromatic N) is 2. The fourth-order valence-electron chi connectivity index (χ4n) is 1.46. The van der Waals surface area contributed by atoms with Gasteiger partial charge in [-0.1, -0.05) is 0 Å². The molecule has 0 aliphatic heterocycles. The highest BCUT2D eigenvalue weighted by Gasteiger charge is 2.20. The van der Waals surface area contributed by atoms with E-state index in [1.165, 1.54) is 19.2 Å². The van der Waals surface area contributed by atoms with E-state index < -0.39 is 0 Å². The molecule has 1 aliphatic carbocycles. The monoisotopic (exact) mass is 237 g/mol. The minimum atomic E-state index is 0.604. The molecule has 17 heavy (non-hydrogen) atoms. The zero-order valence-electron chi connectivity index (χ0n) is 9.85. The number of rotatable bonds is 8. The Hall–Kier alpha value is -1.40. The first-order valence-electron chi connectivity index (χ1n) is 5.99. The normalized spacial score (nSPS) is 14.6. The van der Waals surface area contributed by atoms with Crippen molar-refractivity contribution in [2.24, 2.45) is 11.8 Å². The first-order chi connectivity index (χ1) is 8.38. The molecule has 0 unspecified atom stereocenters. The van der Waals surface area contributed by atoms with Crippen molar-refractivity contribution < 1.29 is 4.74 Å². The molecule has 6 nitrogen and oxygen atoms in total. The second kappa shape index (κ2) is 6.36. The summed E-state index contributed by atoms with van der Waals surface area (Å²) in [6, 6.07) is 1.77. The highest BCUT2D eigenvalue weighted by atomic mass is 16.5. The number of anilines is 2. The molecule has 0 radical (unpaired) electrons. The van der Waals surface area contributed by atoms with Crippen molar-refractivity contribution in [3.63, 3.8) is 0 Å². The Bertz CT molecular complexity index is 342. The number of hydrogen-bond acceptors (Lipinski definition) is 6. The van der Waals surface area contributed by atoms with Gasteiger partial charge in [0.05, 0.1) is 0 Å². The molecule has 1 heterocycles. The summed E-state index contributed by atoms with van der Waals surface area (Å²) in [5.74, 6) is 7.47. The lowest BCUT2D eigenvalue weighted by molar-refractivity contribution is 0.124. The van der Waals surface area contributed by atoms with Crippen LogP contribution in [0.2, 0.25) is 0 Å². The van der Waals surface area contributed by atoms with Crippen molar-refractivity contribution in [2.45, 2.75) is 19.3 Å². The average molecular weight is 237 g/mol. The molecule has 94 valence electrons. The maximum Gasteiger partial charge on any atom is 0.145 e. The summed E-state index contributed by atoms with van der Waals surface area (Å²) in [7, 11) is 0. The molecule has 1 saturated carbocycles. The molecule has 0 atom stereocenters. The van der Waals surface area contributed by atoms with Gasteiger partial charge in [-0.3, -0.25) is 0 Å². The first-order valence-corrected chi connectivity index (χ1v) is 5.99. The minimum Gasteiger partial charge on any atom is -0.381 e. The van der Waals surface area contributed by atoms with Crippen LogP contribution in [0.25, 0.3) is 0 Å². The number of nitrogens with one attached hydrogen (secondary N) is 2. The van der Waals surface area contributed by atoms with Crippen molar-refractivity contribution in [3.05, 3.63) is 12.4 Å². The fraction of sp³-hybridized carbons (Fsp3) is 0.636. The number of hydrazine groups is 1. The van der Waals surface area contributed by atoms with Crippen LogP contribution in [0, 0.1) is 5.92 Å². The number of ether oxygens (including phenoxy) is 1. The Morgan fingerprint density at radius 3 is 2.94 bits per heavy atom. The number of aromatic nitrogens is 2. The molecule has 1 aromatic heterocycles. The zero-order valence-corrected chi connectivity index (χ0v) is 9.85. The summed E-state index contributed by atoms with van der Waals surface area (Å²) in [6.45, 7) is 2.57. The molecular weight excluding hydrogens is 218 g/mol. The van der Waals surface area contributed by atoms with E-state index >= 15 is 0 Å². The maximum absolute atomic E-state index is 5.54. The molecule has 0 spiro atoms. The van der Waals surface area contributed by atoms with Crippen molar-refractivity contribution in [3.8, 4) is 0 Å². The van der Waals surface area contributed by atoms with E-state index in [1.54, 1.807) is 6.07 Å². The maximum atomic E-state index is 5.54. The van der Waals surface area contributed by atoms with Crippen LogP contribution in [0.15, 0.2) is 12.4 Å². The van der Waals surface area contributed by atoms with Crippen LogP contribution in [0.4, 0.5) is 11.6 Å². The summed E-state index contributed by atoms with van der Waals surface area (Å²) in [5.41, 5.74) is 2.48. The van der Waals surface area contributed by atoms with Crippen LogP contribution in [-0.4, -0.2) is 29.7 Å². The number of nitrogen functional groups attached to an aromatic ring is 1. The zero-order chi connectivity index (χ0) is 11.9. The van der Waals surface area contributed by atoms with Crippen LogP contribution in [0.3, 0.4) is 0 Å². The van der Waals surface area contributed by atoms with Crippen molar-refractivity contribution >= 4 is 11.6 Å². The topological polar surface area (TPSA) is 85.1 Å². The van der Waals surface area contributed by atoms with E-state index in [0.29, 0.717) is 5.82 Å². The highest BCUT2D eigenvalue weighted by molar-refractivity contribution is 5.45. The summed E-state index contributed by atoms with van der Waals surface area (Å²) < 4.78 is 5.54. The Kier molecular flexibility index (Phi) is 4.52. The largest absolute Gasteiger partial charge is 0.381 e. The Balaban J connectivity index is 1.56. The lowest BCUT2D eigenvalue weighted by atomic mass is 10.4. The van der Waals surface area contributed by atoms with E-state index in [4.69, 9.17) is 10.6 Å². The molecule has 1 aliphatic rings. The van der Waals surface area contributed by atoms with Crippen LogP contribution < -0.4 is 16.6 Å². The molecule has 0 aromatic carbocycles. The van der Waals surface area contributed by atoms with Gasteiger partial charge in [0.25, 0.3) is 0 Å². The first kappa shape index (κ1) is 12.1. The lowest BCUT2D eigenvalue weighted by Crippen LogP contribution is -2.11. The summed E-state index contributed by atoms with van der Waals surface area (Å²) in [4.78, 5) is 8.01. The van der Waals surface area contributed by atoms with Crippen molar-refractivity contribution in [1.29, 1.82) is 0 Å². The van der Waals surface area contributed by atoms with Crippen LogP contribution in [-0.2, 0) is 4.74 Å². The SMILES string of the molecule is NNc1cc(NCCCOCC2CC2)ncn1. The van der Waals surface area contributed by atoms with Crippen LogP contribution in [0.1, 0.15) is 19.3 Å². The van der Waals surface area contributed by atoms with E-state index in [1.807, 2.05) is 0 Å². The Labute approximate surface area is 101 Å². The van der Waals surface area contributed by atoms with Gasteiger partial charge in [-0.2, -0.15) is 0 Å². The van der Waals surface area contributed by atoms with Gasteiger partial charge >= 0.3 is 0 Å². The second-order valence-corrected chi connectivity index (χ2v) is 4.23. The predicted octanol–water partition coefficient (Wildman–Crippen LogP) is 0.991. The van der Waals surface area contributed by atoms with Gasteiger partial charge in [0.15, 0.2) is 0 Å². The van der Waals surface area contributed by atoms with Gasteiger partial charge in [0.2, 0.25) is 0 Å². The van der Waals surface area contributed by atoms with Gasteiger partial charge in [0.1, 0.15) is 18.0 Å². The van der Waals surface area contributed by atoms with E-state index in [9.17, 15) is 0 Å². The molecule has 6 heteroatoms. The third-order valence-electron chi connectivity index (χ3n) is 2.64. The van der Waals surface area contributed by atoms with Crippen LogP contribution in [0.5, 0.6) is 0 Å². The standard InChI is InChI=1S/C11H19N5O/c12-16-11-6-10(14-8-15-11)13-4-1-5-17-7-9-2-3-9/h6,8-9H,1-5,7,12H2,(H2,13,14,15,16). The summed E-state index contributed by atoms with van der Waals surface area (Å²) in [6.07, 6.45) is 5.13. The molecule has 0 amide bonds. The van der Waals surface area contributed by atoms with E-state index in [-0.39, 0.29) is 0 Å². The fourth-order valence-corrected chi connectivity index (χ4v) is 1.46. The predicted molar refractivity (Wildman–Crippen MR) is 66.5 cm³/mol. The minimum absolute atomic E-state index is 0.604. The quantitative estimate of drug-likeness (QED) is 0.355. The summed E-state index contributed by atoms with van der Waals surface area (Å²) in [5, 5.41) is 3.20. The number of hydrogen-bond donors (Lipinski definition) is 3. The van der Waals surface area contributed by atoms with Crippen LogP contribution >= 0.6 is 0 Å². The van der Waals surface area contributed by atoms with E-state index in [2.05, 4.69) is 20.7 Å². The third-order valence-corrected chi connectivity index (χ3v) is 2.64. The third kappa shape index (κ3) is 4.54. The smallest absolute Gasteiger partial charge is 0.145 e. The Morgan fingerprint density at radius 1 is 1.35 bits per heavy atom. The Morgan fingerprint density at radius 2 is 2.18 bits per heavy atom.